The second-order valence-electron chi connectivity index (χ2n) is 31.0. The monoisotopic (exact) mass is 1340 g/mol. The molecule has 0 amide bonds. The third-order valence-corrected chi connectivity index (χ3v) is 25.3. The largest absolute Gasteiger partial charge is 0.373 e. The molecule has 508 valence electrons. The lowest BCUT2D eigenvalue weighted by Crippen LogP contribution is -2.57. The number of anilines is 5. The molecule has 10 atom stereocenters. The van der Waals surface area contributed by atoms with Gasteiger partial charge in [-0.05, 0) is 193 Å². The Labute approximate surface area is 567 Å². The van der Waals surface area contributed by atoms with E-state index in [0.29, 0.717) is 113 Å². The summed E-state index contributed by atoms with van der Waals surface area (Å²) in [6.07, 6.45) is 25.9. The number of imidazole rings is 3. The average Bonchev–Trinajstić information content (AvgIpc) is 1.67. The Balaban J connectivity index is 0.635. The van der Waals surface area contributed by atoms with E-state index in [9.17, 15) is 15.3 Å². The van der Waals surface area contributed by atoms with E-state index in [2.05, 4.69) is 43.2 Å². The van der Waals surface area contributed by atoms with E-state index in [-0.39, 0.29) is 95.7 Å². The number of nitriles is 2. The van der Waals surface area contributed by atoms with Gasteiger partial charge in [-0.15, -0.1) is 0 Å². The molecule has 27 heteroatoms. The van der Waals surface area contributed by atoms with Gasteiger partial charge >= 0.3 is 17.1 Å². The van der Waals surface area contributed by atoms with Crippen molar-refractivity contribution in [3.8, 4) is 12.1 Å². The van der Waals surface area contributed by atoms with Gasteiger partial charge in [-0.2, -0.15) is 30.6 Å². The molecular formula is C72H77FN20O6. The predicted molar refractivity (Wildman–Crippen MR) is 361 cm³/mol. The van der Waals surface area contributed by atoms with Gasteiger partial charge in [0.05, 0.1) is 82.6 Å². The van der Waals surface area contributed by atoms with Crippen LogP contribution in [0, 0.1) is 95.7 Å². The van der Waals surface area contributed by atoms with Gasteiger partial charge < -0.3 is 30.2 Å². The summed E-state index contributed by atoms with van der Waals surface area (Å²) in [5.74, 6) is 2.46. The van der Waals surface area contributed by atoms with E-state index >= 15 is 14.0 Å². The molecule has 0 spiro atoms. The molecule has 10 saturated carbocycles. The first-order valence-electron chi connectivity index (χ1n) is 35.5. The van der Waals surface area contributed by atoms with Crippen molar-refractivity contribution in [2.45, 2.75) is 172 Å². The third kappa shape index (κ3) is 9.77. The summed E-state index contributed by atoms with van der Waals surface area (Å²) in [4.78, 5) is 79.6. The Hall–Kier alpha value is -9.44. The van der Waals surface area contributed by atoms with Gasteiger partial charge in [0.15, 0.2) is 22.6 Å². The fraction of sp³-hybridized carbons (Fsp3) is 0.542. The van der Waals surface area contributed by atoms with Gasteiger partial charge in [-0.1, -0.05) is 18.9 Å². The number of rotatable bonds is 17. The van der Waals surface area contributed by atoms with Gasteiger partial charge in [-0.25, -0.2) is 43.2 Å². The fourth-order valence-corrected chi connectivity index (χ4v) is 21.3. The van der Waals surface area contributed by atoms with E-state index in [4.69, 9.17) is 39.1 Å². The number of benzene rings is 1. The number of ether oxygens (including phenoxy) is 3. The van der Waals surface area contributed by atoms with E-state index in [1.165, 1.54) is 18.8 Å². The van der Waals surface area contributed by atoms with Gasteiger partial charge in [-0.3, -0.25) is 27.4 Å². The van der Waals surface area contributed by atoms with E-state index in [1.807, 2.05) is 53.5 Å². The first-order valence-corrected chi connectivity index (χ1v) is 35.5. The molecule has 9 aromatic rings. The number of pyridine rings is 1. The lowest BCUT2D eigenvalue weighted by molar-refractivity contribution is -0.195. The van der Waals surface area contributed by atoms with Crippen LogP contribution in [0.2, 0.25) is 0 Å². The molecule has 1 saturated heterocycles. The summed E-state index contributed by atoms with van der Waals surface area (Å²) in [5, 5.41) is 34.3. The maximum Gasteiger partial charge on any atom is 0.332 e. The van der Waals surface area contributed by atoms with Crippen molar-refractivity contribution in [3.63, 3.8) is 0 Å². The number of hydrogen-bond donors (Lipinski definition) is 3. The second-order valence-corrected chi connectivity index (χ2v) is 31.0. The highest BCUT2D eigenvalue weighted by atomic mass is 19.1. The molecule has 9 heterocycles. The van der Waals surface area contributed by atoms with Crippen LogP contribution in [0.5, 0.6) is 0 Å². The maximum atomic E-state index is 16.0. The van der Waals surface area contributed by atoms with E-state index in [1.54, 1.807) is 54.5 Å². The molecule has 0 radical (unpaired) electrons. The maximum absolute atomic E-state index is 16.0. The minimum absolute atomic E-state index is 0.00112. The highest BCUT2D eigenvalue weighted by Crippen LogP contribution is 2.66. The molecule has 10 unspecified atom stereocenters. The van der Waals surface area contributed by atoms with Crippen LogP contribution >= 0.6 is 0 Å². The Morgan fingerprint density at radius 3 is 2.14 bits per heavy atom. The topological polar surface area (TPSA) is 300 Å². The number of fused-ring (bicyclic) bond motifs is 7. The summed E-state index contributed by atoms with van der Waals surface area (Å²) in [6.45, 7) is 4.69. The highest BCUT2D eigenvalue weighted by Gasteiger charge is 2.65. The van der Waals surface area contributed by atoms with Gasteiger partial charge in [0.2, 0.25) is 17.8 Å². The molecule has 8 aromatic heterocycles. The summed E-state index contributed by atoms with van der Waals surface area (Å²) in [5.41, 5.74) is 5.22. The van der Waals surface area contributed by atoms with Crippen LogP contribution in [0.1, 0.15) is 132 Å². The SMILES string of the molecule is Cc1cc2ncnn2cc1Nc1ncc2c(n1)n(CCC1CC3CCCC(C3)C1C#N)c(=O)n2COC12CC3CC(n4c(=O)n(COC56CC7CC(C5)C(n5c(=O)n(C)c8cnc(Nc9ccc(C#N)cc9C)nc85)C(C7)C6)c5cnc(NC6=CC7CCOC7C=C6F)nc54)(CC3C1)C2. The quantitative estimate of drug-likeness (QED) is 0.0763. The molecule has 21 rings (SSSR count). The number of hydrogen-bond acceptors (Lipinski definition) is 19. The van der Waals surface area contributed by atoms with Crippen LogP contribution in [-0.2, 0) is 46.8 Å². The van der Waals surface area contributed by atoms with Crippen LogP contribution in [0.4, 0.5) is 33.6 Å². The number of nitrogens with zero attached hydrogens (tertiary/aromatic N) is 17. The number of aryl methyl sites for hydroxylation is 4. The molecular weight excluding hydrogens is 1260 g/mol. The van der Waals surface area contributed by atoms with Crippen molar-refractivity contribution in [1.29, 1.82) is 10.5 Å². The zero-order valence-electron chi connectivity index (χ0n) is 55.6. The first kappa shape index (κ1) is 60.7. The fourth-order valence-electron chi connectivity index (χ4n) is 21.3. The first-order chi connectivity index (χ1) is 48.1. The molecule has 3 N–H and O–H groups in total. The van der Waals surface area contributed by atoms with Crippen LogP contribution in [0.25, 0.3) is 39.1 Å². The normalized spacial score (nSPS) is 31.5. The molecule has 1 aromatic carbocycles. The molecule has 11 aliphatic carbocycles. The average molecular weight is 1340 g/mol. The number of nitrogens with one attached hydrogen (secondary N) is 3. The Kier molecular flexibility index (Phi) is 13.8. The third-order valence-electron chi connectivity index (χ3n) is 25.3. The molecule has 10 bridgehead atoms. The number of allylic oxidation sites excluding steroid dienone is 1. The van der Waals surface area contributed by atoms with Crippen molar-refractivity contribution in [1.82, 2.24) is 71.9 Å². The van der Waals surface area contributed by atoms with Crippen LogP contribution < -0.4 is 33.0 Å². The molecule has 1 aliphatic heterocycles. The predicted octanol–water partition coefficient (Wildman–Crippen LogP) is 10.0. The molecule has 99 heavy (non-hydrogen) atoms. The van der Waals surface area contributed by atoms with Crippen LogP contribution in [0.15, 0.2) is 93.4 Å². The van der Waals surface area contributed by atoms with Gasteiger partial charge in [0.25, 0.3) is 0 Å². The Morgan fingerprint density at radius 1 is 0.687 bits per heavy atom. The van der Waals surface area contributed by atoms with Gasteiger partial charge in [0.1, 0.15) is 42.2 Å². The van der Waals surface area contributed by atoms with Crippen molar-refractivity contribution >= 4 is 68.4 Å². The van der Waals surface area contributed by atoms with Crippen LogP contribution in [0.3, 0.4) is 0 Å². The minimum atomic E-state index is -0.743. The minimum Gasteiger partial charge on any atom is -0.373 e. The van der Waals surface area contributed by atoms with Crippen molar-refractivity contribution < 1.29 is 18.6 Å². The zero-order valence-corrected chi connectivity index (χ0v) is 55.6. The second kappa shape index (κ2) is 22.5. The standard InChI is InChI=1S/C72H77FN20O6/c1-38-13-41(28-74)7-8-52(38)81-64-76-30-55-62(85-64)92(67(94)87(55)3)60-46-17-42-18-47(60)25-71(21-42,24-46)98-37-90-57-32-78-65(82-53-19-45-10-12-97-58(45)20-51(53)73)86-63(57)93(69(90)96)70-22-48-26-72(34-70,27-49(48)23-70)99-36-89-56-31-77-66(83-54-33-91-59(14-39(54)2)79-35-80-91)84-61(56)88(68(89)95)11-9-44-16-40-5-4-6-43(15-40)50(44)29-75/h7-8,13-14,19-20,30-33,35,40,42-50,58,60H,4-6,9-12,15-18,21-27,34,36-37H2,1-3H3,(H,76,81,85)(H,77,83,84)(H,78,82,86). The van der Waals surface area contributed by atoms with Crippen molar-refractivity contribution in [2.75, 3.05) is 22.6 Å². The lowest BCUT2D eigenvalue weighted by Gasteiger charge is -2.59. The Morgan fingerprint density at radius 2 is 1.37 bits per heavy atom. The molecule has 12 aliphatic rings. The number of aromatic nitrogens is 15. The summed E-state index contributed by atoms with van der Waals surface area (Å²) >= 11 is 0. The Bertz CT molecular complexity index is 5180. The van der Waals surface area contributed by atoms with Crippen LogP contribution in [-0.4, -0.2) is 95.8 Å². The summed E-state index contributed by atoms with van der Waals surface area (Å²) in [6, 6.07) is 12.1. The highest BCUT2D eigenvalue weighted by molar-refractivity contribution is 5.76. The molecule has 11 fully saturated rings. The molecule has 26 nitrogen and oxygen atoms in total. The van der Waals surface area contributed by atoms with Crippen molar-refractivity contribution in [2.24, 2.45) is 66.2 Å². The van der Waals surface area contributed by atoms with E-state index < -0.39 is 22.6 Å². The van der Waals surface area contributed by atoms with Crippen molar-refractivity contribution in [3.05, 3.63) is 127 Å². The summed E-state index contributed by atoms with van der Waals surface area (Å²) < 4.78 is 48.5. The van der Waals surface area contributed by atoms with E-state index in [0.717, 1.165) is 99.6 Å². The summed E-state index contributed by atoms with van der Waals surface area (Å²) in [7, 11) is 1.77. The zero-order chi connectivity index (χ0) is 67.0. The van der Waals surface area contributed by atoms with Gasteiger partial charge in [0, 0.05) is 44.3 Å². The smallest absolute Gasteiger partial charge is 0.332 e. The lowest BCUT2D eigenvalue weighted by atomic mass is 9.52. The number of halogens is 1.